The lowest BCUT2D eigenvalue weighted by Crippen LogP contribution is -2.50. The fourth-order valence-electron chi connectivity index (χ4n) is 2.04. The molecule has 0 amide bonds. The molecule has 0 bridgehead atoms. The van der Waals surface area contributed by atoms with E-state index in [1.165, 1.54) is 7.11 Å². The Morgan fingerprint density at radius 1 is 1.35 bits per heavy atom. The van der Waals surface area contributed by atoms with Crippen LogP contribution in [0.2, 0.25) is 0 Å². The minimum atomic E-state index is -0.771. The molecule has 0 aliphatic rings. The summed E-state index contributed by atoms with van der Waals surface area (Å²) in [6.45, 7) is 3.71. The second kappa shape index (κ2) is 7.14. The first-order chi connectivity index (χ1) is 9.45. The number of likely N-dealkylation sites (N-methyl/N-ethyl adjacent to an activating group) is 1. The Morgan fingerprint density at radius 3 is 2.55 bits per heavy atom. The third-order valence-electron chi connectivity index (χ3n) is 3.26. The molecule has 1 aromatic carbocycles. The minimum absolute atomic E-state index is 0.154. The van der Waals surface area contributed by atoms with E-state index in [1.54, 1.807) is 21.1 Å². The van der Waals surface area contributed by atoms with E-state index >= 15 is 0 Å². The normalized spacial score (nSPS) is 15.1. The van der Waals surface area contributed by atoms with E-state index in [-0.39, 0.29) is 12.1 Å². The highest BCUT2D eigenvalue weighted by atomic mass is 16.5. The van der Waals surface area contributed by atoms with Gasteiger partial charge < -0.3 is 19.5 Å². The molecule has 0 heterocycles. The Balaban J connectivity index is 2.70. The van der Waals surface area contributed by atoms with E-state index in [2.05, 4.69) is 5.32 Å². The molecule has 0 saturated carbocycles. The highest BCUT2D eigenvalue weighted by Crippen LogP contribution is 2.23. The molecule has 0 aliphatic carbocycles. The van der Waals surface area contributed by atoms with Crippen LogP contribution >= 0.6 is 0 Å². The number of benzene rings is 1. The topological polar surface area (TPSA) is 56.8 Å². The zero-order valence-corrected chi connectivity index (χ0v) is 12.7. The highest BCUT2D eigenvalue weighted by molar-refractivity contribution is 5.80. The summed E-state index contributed by atoms with van der Waals surface area (Å²) in [6.07, 6.45) is 0.339. The standard InChI is InChI=1S/C15H23NO4/c1-11(10-15(2,16-3)14(17)19-5)20-13-8-6-7-12(9-13)18-4/h6-9,11,16H,10H2,1-5H3. The monoisotopic (exact) mass is 281 g/mol. The lowest BCUT2D eigenvalue weighted by molar-refractivity contribution is -0.148. The van der Waals surface area contributed by atoms with Crippen LogP contribution in [0.1, 0.15) is 20.3 Å². The molecule has 0 aliphatic heterocycles. The lowest BCUT2D eigenvalue weighted by Gasteiger charge is -2.29. The van der Waals surface area contributed by atoms with Gasteiger partial charge in [-0.1, -0.05) is 6.07 Å². The first-order valence-corrected chi connectivity index (χ1v) is 6.53. The fourth-order valence-corrected chi connectivity index (χ4v) is 2.04. The van der Waals surface area contributed by atoms with Gasteiger partial charge in [0.15, 0.2) is 0 Å². The summed E-state index contributed by atoms with van der Waals surface area (Å²) in [5, 5.41) is 2.99. The quantitative estimate of drug-likeness (QED) is 0.775. The Hall–Kier alpha value is -1.75. The maximum absolute atomic E-state index is 11.8. The first kappa shape index (κ1) is 16.3. The fraction of sp³-hybridized carbons (Fsp3) is 0.533. The number of methoxy groups -OCH3 is 2. The van der Waals surface area contributed by atoms with Crippen molar-refractivity contribution < 1.29 is 19.0 Å². The van der Waals surface area contributed by atoms with Crippen molar-refractivity contribution in [3.63, 3.8) is 0 Å². The van der Waals surface area contributed by atoms with Gasteiger partial charge in [-0.25, -0.2) is 0 Å². The third-order valence-corrected chi connectivity index (χ3v) is 3.26. The molecule has 0 fully saturated rings. The van der Waals surface area contributed by atoms with Gasteiger partial charge in [-0.05, 0) is 33.0 Å². The smallest absolute Gasteiger partial charge is 0.325 e. The summed E-state index contributed by atoms with van der Waals surface area (Å²) < 4.78 is 15.8. The van der Waals surface area contributed by atoms with Gasteiger partial charge in [-0.15, -0.1) is 0 Å². The molecule has 1 rings (SSSR count). The zero-order valence-electron chi connectivity index (χ0n) is 12.7. The number of rotatable bonds is 7. The molecular formula is C15H23NO4. The summed E-state index contributed by atoms with van der Waals surface area (Å²) in [5.74, 6) is 1.14. The predicted molar refractivity (Wildman–Crippen MR) is 77.2 cm³/mol. The number of hydrogen-bond donors (Lipinski definition) is 1. The van der Waals surface area contributed by atoms with Gasteiger partial charge in [0.05, 0.1) is 20.3 Å². The van der Waals surface area contributed by atoms with E-state index in [0.29, 0.717) is 12.2 Å². The maximum Gasteiger partial charge on any atom is 0.325 e. The van der Waals surface area contributed by atoms with Crippen molar-refractivity contribution in [2.24, 2.45) is 0 Å². The largest absolute Gasteiger partial charge is 0.497 e. The minimum Gasteiger partial charge on any atom is -0.497 e. The van der Waals surface area contributed by atoms with Crippen molar-refractivity contribution in [2.75, 3.05) is 21.3 Å². The summed E-state index contributed by atoms with van der Waals surface area (Å²) in [7, 11) is 4.72. The molecule has 0 aromatic heterocycles. The first-order valence-electron chi connectivity index (χ1n) is 6.53. The average molecular weight is 281 g/mol. The van der Waals surface area contributed by atoms with Crippen LogP contribution in [0.25, 0.3) is 0 Å². The van der Waals surface area contributed by atoms with E-state index in [1.807, 2.05) is 31.2 Å². The van der Waals surface area contributed by atoms with E-state index in [4.69, 9.17) is 14.2 Å². The van der Waals surface area contributed by atoms with E-state index in [9.17, 15) is 4.79 Å². The number of nitrogens with one attached hydrogen (secondary N) is 1. The number of esters is 1. The average Bonchev–Trinajstić information content (AvgIpc) is 2.46. The van der Waals surface area contributed by atoms with Crippen LogP contribution in [-0.4, -0.2) is 38.9 Å². The molecule has 1 aromatic rings. The van der Waals surface area contributed by atoms with Crippen LogP contribution in [0.4, 0.5) is 0 Å². The van der Waals surface area contributed by atoms with Crippen molar-refractivity contribution in [3.05, 3.63) is 24.3 Å². The predicted octanol–water partition coefficient (Wildman–Crippen LogP) is 2.00. The van der Waals surface area contributed by atoms with Crippen molar-refractivity contribution >= 4 is 5.97 Å². The van der Waals surface area contributed by atoms with Crippen LogP contribution in [0, 0.1) is 0 Å². The Labute approximate surface area is 120 Å². The van der Waals surface area contributed by atoms with Gasteiger partial charge in [0.25, 0.3) is 0 Å². The summed E-state index contributed by atoms with van der Waals surface area (Å²) in [5.41, 5.74) is -0.771. The number of hydrogen-bond acceptors (Lipinski definition) is 5. The Bertz CT molecular complexity index is 449. The van der Waals surface area contributed by atoms with E-state index < -0.39 is 5.54 Å². The molecule has 5 heteroatoms. The molecule has 1 N–H and O–H groups in total. The summed E-state index contributed by atoms with van der Waals surface area (Å²) in [6, 6.07) is 7.38. The van der Waals surface area contributed by atoms with Crippen LogP contribution < -0.4 is 14.8 Å². The molecule has 2 unspecified atom stereocenters. The molecule has 0 saturated heterocycles. The molecular weight excluding hydrogens is 258 g/mol. The second-order valence-electron chi connectivity index (χ2n) is 4.89. The van der Waals surface area contributed by atoms with Gasteiger partial charge in [-0.3, -0.25) is 4.79 Å². The van der Waals surface area contributed by atoms with Crippen molar-refractivity contribution in [3.8, 4) is 11.5 Å². The lowest BCUT2D eigenvalue weighted by atomic mass is 9.95. The Morgan fingerprint density at radius 2 is 2.00 bits per heavy atom. The molecule has 2 atom stereocenters. The van der Waals surface area contributed by atoms with Crippen molar-refractivity contribution in [1.29, 1.82) is 0 Å². The SMILES string of the molecule is CNC(C)(CC(C)Oc1cccc(OC)c1)C(=O)OC. The summed E-state index contributed by atoms with van der Waals surface area (Å²) >= 11 is 0. The molecule has 112 valence electrons. The van der Waals surface area contributed by atoms with Gasteiger partial charge in [0, 0.05) is 12.5 Å². The number of carbonyl (C=O) groups excluding carboxylic acids is 1. The number of carbonyl (C=O) groups is 1. The second-order valence-corrected chi connectivity index (χ2v) is 4.89. The van der Waals surface area contributed by atoms with Gasteiger partial charge in [-0.2, -0.15) is 0 Å². The van der Waals surface area contributed by atoms with Crippen molar-refractivity contribution in [1.82, 2.24) is 5.32 Å². The van der Waals surface area contributed by atoms with Crippen LogP contribution in [-0.2, 0) is 9.53 Å². The molecule has 5 nitrogen and oxygen atoms in total. The molecule has 0 radical (unpaired) electrons. The van der Waals surface area contributed by atoms with Gasteiger partial charge in [0.1, 0.15) is 17.0 Å². The maximum atomic E-state index is 11.8. The Kier molecular flexibility index (Phi) is 5.82. The highest BCUT2D eigenvalue weighted by Gasteiger charge is 2.34. The van der Waals surface area contributed by atoms with Gasteiger partial charge >= 0.3 is 5.97 Å². The third kappa shape index (κ3) is 4.13. The van der Waals surface area contributed by atoms with Crippen LogP contribution in [0.5, 0.6) is 11.5 Å². The van der Waals surface area contributed by atoms with Crippen LogP contribution in [0.3, 0.4) is 0 Å². The number of ether oxygens (including phenoxy) is 3. The zero-order chi connectivity index (χ0) is 15.2. The molecule has 20 heavy (non-hydrogen) atoms. The van der Waals surface area contributed by atoms with Gasteiger partial charge in [0.2, 0.25) is 0 Å². The molecule has 0 spiro atoms. The summed E-state index contributed by atoms with van der Waals surface area (Å²) in [4.78, 5) is 11.8. The van der Waals surface area contributed by atoms with Crippen LogP contribution in [0.15, 0.2) is 24.3 Å². The van der Waals surface area contributed by atoms with Crippen molar-refractivity contribution in [2.45, 2.75) is 31.9 Å². The van der Waals surface area contributed by atoms with E-state index in [0.717, 1.165) is 5.75 Å².